The average Bonchev–Trinajstić information content (AvgIpc) is 3.35. The lowest BCUT2D eigenvalue weighted by atomic mass is 9.97. The smallest absolute Gasteiger partial charge is 0.262 e. The van der Waals surface area contributed by atoms with Gasteiger partial charge in [0.25, 0.3) is 11.5 Å². The number of halogens is 1. The molecule has 2 aromatic heterocycles. The van der Waals surface area contributed by atoms with Gasteiger partial charge in [0, 0.05) is 66.7 Å². The normalized spacial score (nSPS) is 11.2. The van der Waals surface area contributed by atoms with E-state index in [-0.39, 0.29) is 17.3 Å². The van der Waals surface area contributed by atoms with Gasteiger partial charge in [0.05, 0.1) is 5.56 Å². The molecule has 0 bridgehead atoms. The molecule has 6 aromatic rings. The number of carbonyl (C=O) groups is 1. The summed E-state index contributed by atoms with van der Waals surface area (Å²) < 4.78 is 21.5. The van der Waals surface area contributed by atoms with E-state index >= 15 is 0 Å². The Labute approximate surface area is 229 Å². The summed E-state index contributed by atoms with van der Waals surface area (Å²) in [6.07, 6.45) is 1.79. The molecule has 0 spiro atoms. The molecule has 40 heavy (non-hydrogen) atoms. The number of hydrogen-bond donors (Lipinski definition) is 1. The van der Waals surface area contributed by atoms with E-state index in [1.807, 2.05) is 85.7 Å². The highest BCUT2D eigenvalue weighted by atomic mass is 19.1. The highest BCUT2D eigenvalue weighted by Crippen LogP contribution is 2.40. The van der Waals surface area contributed by atoms with Crippen LogP contribution in [0.15, 0.2) is 106 Å². The summed E-state index contributed by atoms with van der Waals surface area (Å²) in [5.41, 5.74) is 4.74. The Bertz CT molecular complexity index is 1970. The van der Waals surface area contributed by atoms with Crippen molar-refractivity contribution in [1.82, 2.24) is 9.88 Å². The van der Waals surface area contributed by atoms with Crippen LogP contribution in [0.5, 0.6) is 0 Å². The minimum absolute atomic E-state index is 0.0980. The summed E-state index contributed by atoms with van der Waals surface area (Å²) in [5, 5.41) is 4.87. The molecule has 0 aliphatic rings. The zero-order valence-electron chi connectivity index (χ0n) is 22.2. The van der Waals surface area contributed by atoms with Crippen molar-refractivity contribution in [1.29, 1.82) is 0 Å². The van der Waals surface area contributed by atoms with Crippen molar-refractivity contribution in [3.8, 4) is 28.1 Å². The van der Waals surface area contributed by atoms with Gasteiger partial charge in [0.2, 0.25) is 0 Å². The SMILES string of the molecule is CNC(=O)c1c(-c2ccc(F)cc2)oc2cc(N(C)C)c(-c3cccc(-n4ccc5ccccc5c4=O)c3)cc12. The van der Waals surface area contributed by atoms with Crippen LogP contribution in [-0.2, 0) is 0 Å². The highest BCUT2D eigenvalue weighted by Gasteiger charge is 2.24. The Kier molecular flexibility index (Phi) is 6.19. The van der Waals surface area contributed by atoms with Gasteiger partial charge < -0.3 is 14.6 Å². The second kappa shape index (κ2) is 9.85. The number of hydrogen-bond acceptors (Lipinski definition) is 4. The van der Waals surface area contributed by atoms with Crippen LogP contribution >= 0.6 is 0 Å². The number of aromatic nitrogens is 1. The van der Waals surface area contributed by atoms with Crippen LogP contribution in [0.25, 0.3) is 49.9 Å². The van der Waals surface area contributed by atoms with Crippen molar-refractivity contribution < 1.29 is 13.6 Å². The Morgan fingerprint density at radius 2 is 1.65 bits per heavy atom. The van der Waals surface area contributed by atoms with Gasteiger partial charge in [-0.1, -0.05) is 30.3 Å². The van der Waals surface area contributed by atoms with Crippen molar-refractivity contribution >= 4 is 33.3 Å². The quantitative estimate of drug-likeness (QED) is 0.271. The maximum absolute atomic E-state index is 13.6. The first-order valence-corrected chi connectivity index (χ1v) is 12.8. The fraction of sp³-hybridized carbons (Fsp3) is 0.0909. The molecule has 0 saturated carbocycles. The minimum Gasteiger partial charge on any atom is -0.455 e. The lowest BCUT2D eigenvalue weighted by Gasteiger charge is -2.19. The number of fused-ring (bicyclic) bond motifs is 2. The van der Waals surface area contributed by atoms with Crippen molar-refractivity contribution in [2.75, 3.05) is 26.0 Å². The van der Waals surface area contributed by atoms with E-state index in [4.69, 9.17) is 4.42 Å². The van der Waals surface area contributed by atoms with Crippen LogP contribution in [0.4, 0.5) is 10.1 Å². The Morgan fingerprint density at radius 3 is 2.40 bits per heavy atom. The van der Waals surface area contributed by atoms with E-state index in [2.05, 4.69) is 5.32 Å². The molecule has 1 amide bonds. The molecule has 4 aromatic carbocycles. The van der Waals surface area contributed by atoms with Gasteiger partial charge in [-0.05, 0) is 65.5 Å². The van der Waals surface area contributed by atoms with Gasteiger partial charge in [0.1, 0.15) is 17.2 Å². The molecule has 0 aliphatic heterocycles. The van der Waals surface area contributed by atoms with Gasteiger partial charge in [-0.2, -0.15) is 0 Å². The van der Waals surface area contributed by atoms with E-state index in [1.165, 1.54) is 12.1 Å². The molecule has 0 radical (unpaired) electrons. The molecule has 2 heterocycles. The Balaban J connectivity index is 1.57. The van der Waals surface area contributed by atoms with E-state index in [0.29, 0.717) is 33.2 Å². The van der Waals surface area contributed by atoms with Gasteiger partial charge in [0.15, 0.2) is 0 Å². The summed E-state index contributed by atoms with van der Waals surface area (Å²) in [5.74, 6) is -0.310. The number of amides is 1. The second-order valence-corrected chi connectivity index (χ2v) is 9.78. The number of anilines is 1. The van der Waals surface area contributed by atoms with E-state index in [9.17, 15) is 14.0 Å². The van der Waals surface area contributed by atoms with Crippen molar-refractivity contribution in [3.63, 3.8) is 0 Å². The number of nitrogens with zero attached hydrogens (tertiary/aromatic N) is 2. The maximum Gasteiger partial charge on any atom is 0.262 e. The zero-order valence-corrected chi connectivity index (χ0v) is 22.2. The second-order valence-electron chi connectivity index (χ2n) is 9.78. The average molecular weight is 532 g/mol. The molecule has 0 fully saturated rings. The molecule has 1 N–H and O–H groups in total. The molecular weight excluding hydrogens is 505 g/mol. The molecule has 6 nitrogen and oxygen atoms in total. The summed E-state index contributed by atoms with van der Waals surface area (Å²) >= 11 is 0. The number of pyridine rings is 1. The molecule has 0 saturated heterocycles. The summed E-state index contributed by atoms with van der Waals surface area (Å²) in [7, 11) is 5.44. The third-order valence-electron chi connectivity index (χ3n) is 7.10. The van der Waals surface area contributed by atoms with E-state index in [1.54, 1.807) is 29.9 Å². The van der Waals surface area contributed by atoms with Crippen LogP contribution in [-0.4, -0.2) is 31.6 Å². The van der Waals surface area contributed by atoms with Gasteiger partial charge >= 0.3 is 0 Å². The highest BCUT2D eigenvalue weighted by molar-refractivity contribution is 6.12. The van der Waals surface area contributed by atoms with Crippen molar-refractivity contribution in [2.45, 2.75) is 0 Å². The molecular formula is C33H26FN3O3. The van der Waals surface area contributed by atoms with E-state index in [0.717, 1.165) is 27.9 Å². The largest absolute Gasteiger partial charge is 0.455 e. The molecule has 0 atom stereocenters. The first-order chi connectivity index (χ1) is 19.4. The maximum atomic E-state index is 13.6. The third kappa shape index (κ3) is 4.22. The van der Waals surface area contributed by atoms with Crippen molar-refractivity contribution in [2.24, 2.45) is 0 Å². The van der Waals surface area contributed by atoms with Gasteiger partial charge in [-0.3, -0.25) is 14.2 Å². The molecule has 6 rings (SSSR count). The number of carbonyl (C=O) groups excluding carboxylic acids is 1. The van der Waals surface area contributed by atoms with Crippen LogP contribution in [0.1, 0.15) is 10.4 Å². The summed E-state index contributed by atoms with van der Waals surface area (Å²) in [6.45, 7) is 0. The molecule has 7 heteroatoms. The molecule has 0 unspecified atom stereocenters. The van der Waals surface area contributed by atoms with Gasteiger partial charge in [-0.25, -0.2) is 4.39 Å². The third-order valence-corrected chi connectivity index (χ3v) is 7.10. The number of furan rings is 1. The van der Waals surface area contributed by atoms with Crippen molar-refractivity contribution in [3.05, 3.63) is 119 Å². The molecule has 0 aliphatic carbocycles. The number of benzene rings is 4. The van der Waals surface area contributed by atoms with Crippen LogP contribution in [0.2, 0.25) is 0 Å². The predicted molar refractivity (Wildman–Crippen MR) is 158 cm³/mol. The monoisotopic (exact) mass is 531 g/mol. The lowest BCUT2D eigenvalue weighted by Crippen LogP contribution is -2.18. The van der Waals surface area contributed by atoms with Gasteiger partial charge in [-0.15, -0.1) is 0 Å². The zero-order chi connectivity index (χ0) is 28.0. The standard InChI is InChI=1S/C33H26FN3O3/c1-35-32(38)30-27-18-26(28(36(2)3)19-29(27)40-31(30)21-11-13-23(34)14-12-21)22-8-6-9-24(17-22)37-16-15-20-7-4-5-10-25(20)33(37)39/h4-19H,1-3H3,(H,35,38). The van der Waals surface area contributed by atoms with Crippen LogP contribution in [0, 0.1) is 5.82 Å². The number of rotatable bonds is 5. The Morgan fingerprint density at radius 1 is 0.875 bits per heavy atom. The summed E-state index contributed by atoms with van der Waals surface area (Å²) in [6, 6.07) is 26.9. The predicted octanol–water partition coefficient (Wildman–Crippen LogP) is 6.64. The fourth-order valence-electron chi connectivity index (χ4n) is 5.10. The lowest BCUT2D eigenvalue weighted by molar-refractivity contribution is 0.0964. The summed E-state index contributed by atoms with van der Waals surface area (Å²) in [4.78, 5) is 28.4. The van der Waals surface area contributed by atoms with Crippen LogP contribution < -0.4 is 15.8 Å². The fourth-order valence-corrected chi connectivity index (χ4v) is 5.10. The topological polar surface area (TPSA) is 67.5 Å². The number of nitrogens with one attached hydrogen (secondary N) is 1. The van der Waals surface area contributed by atoms with E-state index < -0.39 is 0 Å². The Hall–Kier alpha value is -5.17. The minimum atomic E-state index is -0.371. The molecule has 198 valence electrons. The van der Waals surface area contributed by atoms with Crippen LogP contribution in [0.3, 0.4) is 0 Å². The first kappa shape index (κ1) is 25.1. The first-order valence-electron chi connectivity index (χ1n) is 12.8.